The molecule has 0 saturated carbocycles. The number of aliphatic hydroxyl groups excluding tert-OH is 1. The minimum absolute atomic E-state index is 0.0460. The highest BCUT2D eigenvalue weighted by Crippen LogP contribution is 2.66. The first-order valence-corrected chi connectivity index (χ1v) is 13.4. The van der Waals surface area contributed by atoms with E-state index in [0.717, 1.165) is 6.33 Å². The fourth-order valence-corrected chi connectivity index (χ4v) is 6.34. The molecule has 0 aromatic carbocycles. The first kappa shape index (κ1) is 26.5. The van der Waals surface area contributed by atoms with Crippen LogP contribution in [0.15, 0.2) is 6.33 Å². The number of phosphoric acid groups is 3. The fraction of sp³-hybridized carbons (Fsp3) is 0.545. The van der Waals surface area contributed by atoms with Crippen molar-refractivity contribution in [2.75, 3.05) is 19.5 Å². The normalized spacial score (nSPS) is 27.5. The number of hydrogen-bond acceptors (Lipinski definition) is 13. The third-order valence-corrected chi connectivity index (χ3v) is 8.29. The van der Waals surface area contributed by atoms with E-state index in [-0.39, 0.29) is 21.8 Å². The number of nitrogen functional groups attached to an aromatic ring is 1. The van der Waals surface area contributed by atoms with Gasteiger partial charge in [0.25, 0.3) is 0 Å². The van der Waals surface area contributed by atoms with E-state index in [1.165, 1.54) is 11.7 Å². The van der Waals surface area contributed by atoms with Gasteiger partial charge in [0.15, 0.2) is 22.5 Å². The average molecular weight is 553 g/mol. The van der Waals surface area contributed by atoms with Crippen molar-refractivity contribution in [1.82, 2.24) is 19.5 Å². The Bertz CT molecular complexity index is 1230. The molecule has 1 saturated heterocycles. The molecule has 1 aliphatic heterocycles. The molecular weight excluding hydrogens is 535 g/mol. The SMILES string of the molecule is CO[C@H]1[C@@H](O)[C@H](n2c(=S)[nH]c3c(N)ncnc32)O[C@@H]1COP(=O)(O)OP(=O)(O)OP(=O)(O)O. The highest BCUT2D eigenvalue weighted by atomic mass is 32.1. The van der Waals surface area contributed by atoms with Crippen LogP contribution in [0, 0.1) is 4.77 Å². The van der Waals surface area contributed by atoms with Gasteiger partial charge in [-0.25, -0.2) is 23.7 Å². The standard InChI is InChI=1S/C11H18N5O13P3S/c1-25-7-4(2-26-31(21,22)29-32(23,24)28-30(18,19)20)27-10(6(7)17)16-9-5(15-11(16)33)8(12)13-3-14-9/h3-4,6-7,10,17H,2H2,1H3,(H,15,33)(H,21,22)(H,23,24)(H2,12,13,14)(H2,18,19,20)/t4-,6-,7-,10-/m1/s1. The van der Waals surface area contributed by atoms with E-state index < -0.39 is 54.6 Å². The molecule has 186 valence electrons. The summed E-state index contributed by atoms with van der Waals surface area (Å²) in [6.45, 7) is -0.845. The van der Waals surface area contributed by atoms with Gasteiger partial charge in [-0.1, -0.05) is 0 Å². The molecule has 6 atom stereocenters. The van der Waals surface area contributed by atoms with Gasteiger partial charge in [0.05, 0.1) is 6.61 Å². The van der Waals surface area contributed by atoms with E-state index in [4.69, 9.17) is 37.2 Å². The second-order valence-corrected chi connectivity index (χ2v) is 11.2. The van der Waals surface area contributed by atoms with Gasteiger partial charge >= 0.3 is 23.5 Å². The zero-order chi connectivity index (χ0) is 24.8. The average Bonchev–Trinajstić information content (AvgIpc) is 3.13. The molecule has 2 unspecified atom stereocenters. The van der Waals surface area contributed by atoms with Crippen LogP contribution in [0.3, 0.4) is 0 Å². The summed E-state index contributed by atoms with van der Waals surface area (Å²) in [5.74, 6) is 0.0739. The van der Waals surface area contributed by atoms with Crippen molar-refractivity contribution in [3.63, 3.8) is 0 Å². The van der Waals surface area contributed by atoms with Crippen molar-refractivity contribution < 1.29 is 61.0 Å². The first-order valence-electron chi connectivity index (χ1n) is 8.49. The predicted octanol–water partition coefficient (Wildman–Crippen LogP) is -0.312. The quantitative estimate of drug-likeness (QED) is 0.155. The molecule has 0 aliphatic carbocycles. The fourth-order valence-electron chi connectivity index (χ4n) is 3.02. The molecule has 18 nitrogen and oxygen atoms in total. The second kappa shape index (κ2) is 9.49. The monoisotopic (exact) mass is 553 g/mol. The zero-order valence-electron chi connectivity index (χ0n) is 16.3. The molecule has 1 fully saturated rings. The van der Waals surface area contributed by atoms with Crippen LogP contribution in [0.4, 0.5) is 5.82 Å². The number of methoxy groups -OCH3 is 1. The second-order valence-electron chi connectivity index (χ2n) is 6.40. The Morgan fingerprint density at radius 3 is 2.48 bits per heavy atom. The van der Waals surface area contributed by atoms with Gasteiger partial charge in [0.1, 0.15) is 30.2 Å². The van der Waals surface area contributed by atoms with Crippen molar-refractivity contribution in [3.05, 3.63) is 11.1 Å². The van der Waals surface area contributed by atoms with Crippen molar-refractivity contribution in [2.45, 2.75) is 24.5 Å². The van der Waals surface area contributed by atoms with Gasteiger partial charge in [-0.05, 0) is 12.2 Å². The molecule has 33 heavy (non-hydrogen) atoms. The van der Waals surface area contributed by atoms with Gasteiger partial charge < -0.3 is 44.9 Å². The number of aromatic nitrogens is 4. The number of anilines is 1. The molecular formula is C11H18N5O13P3S. The number of rotatable bonds is 9. The Hall–Kier alpha value is -1.14. The van der Waals surface area contributed by atoms with Crippen molar-refractivity contribution in [3.8, 4) is 0 Å². The maximum absolute atomic E-state index is 12.0. The molecule has 2 aromatic rings. The van der Waals surface area contributed by atoms with Gasteiger partial charge in [-0.2, -0.15) is 8.62 Å². The zero-order valence-corrected chi connectivity index (χ0v) is 19.8. The number of aliphatic hydroxyl groups is 1. The van der Waals surface area contributed by atoms with Gasteiger partial charge in [0, 0.05) is 7.11 Å². The molecule has 0 amide bonds. The van der Waals surface area contributed by atoms with Crippen molar-refractivity contribution >= 4 is 52.7 Å². The highest BCUT2D eigenvalue weighted by molar-refractivity contribution is 7.71. The van der Waals surface area contributed by atoms with Gasteiger partial charge in [-0.3, -0.25) is 9.09 Å². The summed E-state index contributed by atoms with van der Waals surface area (Å²) in [6, 6.07) is 0. The van der Waals surface area contributed by atoms with E-state index in [1.807, 2.05) is 0 Å². The summed E-state index contributed by atoms with van der Waals surface area (Å²) in [7, 11) is -15.4. The number of ether oxygens (including phenoxy) is 2. The molecule has 0 radical (unpaired) electrons. The number of fused-ring (bicyclic) bond motifs is 1. The Labute approximate surface area is 188 Å². The number of hydrogen-bond donors (Lipinski definition) is 7. The molecule has 22 heteroatoms. The number of nitrogens with zero attached hydrogens (tertiary/aromatic N) is 3. The Kier molecular flexibility index (Phi) is 7.61. The van der Waals surface area contributed by atoms with Crippen molar-refractivity contribution in [2.24, 2.45) is 0 Å². The molecule has 8 N–H and O–H groups in total. The van der Waals surface area contributed by atoms with Gasteiger partial charge in [-0.15, -0.1) is 0 Å². The maximum atomic E-state index is 12.0. The number of phosphoric ester groups is 1. The van der Waals surface area contributed by atoms with Crippen LogP contribution in [0.1, 0.15) is 6.23 Å². The molecule has 1 aliphatic rings. The Morgan fingerprint density at radius 1 is 1.21 bits per heavy atom. The van der Waals surface area contributed by atoms with E-state index >= 15 is 0 Å². The van der Waals surface area contributed by atoms with Crippen LogP contribution >= 0.6 is 35.7 Å². The molecule has 3 heterocycles. The van der Waals surface area contributed by atoms with E-state index in [2.05, 4.69) is 28.1 Å². The number of nitrogens with two attached hydrogens (primary N) is 1. The predicted molar refractivity (Wildman–Crippen MR) is 108 cm³/mol. The smallest absolute Gasteiger partial charge is 0.386 e. The number of H-pyrrole nitrogens is 1. The van der Waals surface area contributed by atoms with Crippen LogP contribution in [0.25, 0.3) is 11.2 Å². The lowest BCUT2D eigenvalue weighted by Gasteiger charge is -2.20. The molecule has 0 spiro atoms. The Balaban J connectivity index is 1.78. The van der Waals surface area contributed by atoms with E-state index in [9.17, 15) is 28.6 Å². The Morgan fingerprint density at radius 2 is 1.88 bits per heavy atom. The summed E-state index contributed by atoms with van der Waals surface area (Å²) >= 11 is 5.22. The topological polar surface area (TPSA) is 271 Å². The third kappa shape index (κ3) is 6.11. The lowest BCUT2D eigenvalue weighted by molar-refractivity contribution is -0.0531. The summed E-state index contributed by atoms with van der Waals surface area (Å²) < 4.78 is 58.0. The van der Waals surface area contributed by atoms with Crippen LogP contribution < -0.4 is 5.73 Å². The van der Waals surface area contributed by atoms with Crippen LogP contribution in [0.2, 0.25) is 0 Å². The van der Waals surface area contributed by atoms with Crippen LogP contribution in [0.5, 0.6) is 0 Å². The third-order valence-electron chi connectivity index (χ3n) is 4.19. The molecule has 3 rings (SSSR count). The summed E-state index contributed by atoms with van der Waals surface area (Å²) in [6.07, 6.45) is -3.91. The van der Waals surface area contributed by atoms with Crippen LogP contribution in [-0.4, -0.2) is 76.2 Å². The minimum Gasteiger partial charge on any atom is -0.386 e. The lowest BCUT2D eigenvalue weighted by Crippen LogP contribution is -2.35. The van der Waals surface area contributed by atoms with Gasteiger partial charge in [0.2, 0.25) is 0 Å². The lowest BCUT2D eigenvalue weighted by atomic mass is 10.1. The number of aromatic amines is 1. The number of nitrogens with one attached hydrogen (secondary N) is 1. The van der Waals surface area contributed by atoms with E-state index in [1.54, 1.807) is 0 Å². The highest BCUT2D eigenvalue weighted by Gasteiger charge is 2.48. The van der Waals surface area contributed by atoms with Crippen molar-refractivity contribution in [1.29, 1.82) is 0 Å². The molecule has 0 bridgehead atoms. The summed E-state index contributed by atoms with van der Waals surface area (Å²) in [5.41, 5.74) is 6.22. The minimum atomic E-state index is -5.69. The summed E-state index contributed by atoms with van der Waals surface area (Å²) in [5, 5.41) is 10.7. The first-order chi connectivity index (χ1) is 15.1. The number of imidazole rings is 1. The largest absolute Gasteiger partial charge is 0.490 e. The van der Waals surface area contributed by atoms with Crippen LogP contribution in [-0.2, 0) is 36.3 Å². The summed E-state index contributed by atoms with van der Waals surface area (Å²) in [4.78, 5) is 46.6. The van der Waals surface area contributed by atoms with E-state index in [0.29, 0.717) is 0 Å². The molecule has 2 aromatic heterocycles. The maximum Gasteiger partial charge on any atom is 0.490 e.